The van der Waals surface area contributed by atoms with E-state index in [0.717, 1.165) is 24.5 Å². The van der Waals surface area contributed by atoms with Gasteiger partial charge < -0.3 is 20.3 Å². The Morgan fingerprint density at radius 3 is 2.43 bits per heavy atom. The zero-order valence-corrected chi connectivity index (χ0v) is 13.1. The number of rotatable bonds is 3. The Morgan fingerprint density at radius 2 is 1.83 bits per heavy atom. The number of hydrogen-bond donors (Lipinski definition) is 1. The van der Waals surface area contributed by atoms with Crippen LogP contribution in [0.25, 0.3) is 0 Å². The molecule has 0 saturated carbocycles. The molecule has 3 rings (SSSR count). The summed E-state index contributed by atoms with van der Waals surface area (Å²) in [7, 11) is 1.66. The number of carbonyl (C=O) groups excluding carboxylic acids is 1. The number of benzene rings is 1. The summed E-state index contributed by atoms with van der Waals surface area (Å²) < 4.78 is 5.18. The number of ether oxygens (including phenoxy) is 1. The van der Waals surface area contributed by atoms with Gasteiger partial charge >= 0.3 is 0 Å². The Kier molecular flexibility index (Phi) is 4.32. The van der Waals surface area contributed by atoms with E-state index in [1.807, 2.05) is 29.2 Å². The quantitative estimate of drug-likeness (QED) is 0.933. The van der Waals surface area contributed by atoms with Crippen LogP contribution in [0.3, 0.4) is 0 Å². The number of nitrogens with two attached hydrogens (primary N) is 1. The van der Waals surface area contributed by atoms with Crippen LogP contribution < -0.4 is 15.4 Å². The summed E-state index contributed by atoms with van der Waals surface area (Å²) in [6.45, 7) is 2.94. The zero-order chi connectivity index (χ0) is 16.2. The number of hydrogen-bond acceptors (Lipinski definition) is 5. The van der Waals surface area contributed by atoms with Crippen molar-refractivity contribution in [2.24, 2.45) is 0 Å². The summed E-state index contributed by atoms with van der Waals surface area (Å²) in [5.74, 6) is 0.815. The number of nitrogen functional groups attached to an aromatic ring is 1. The van der Waals surface area contributed by atoms with Crippen LogP contribution in [0.5, 0.6) is 5.75 Å². The molecule has 2 aromatic rings. The van der Waals surface area contributed by atoms with Crippen LogP contribution in [0.2, 0.25) is 0 Å². The zero-order valence-electron chi connectivity index (χ0n) is 13.1. The second kappa shape index (κ2) is 6.56. The third-order valence-electron chi connectivity index (χ3n) is 4.09. The van der Waals surface area contributed by atoms with E-state index in [1.165, 1.54) is 6.20 Å². The van der Waals surface area contributed by atoms with Crippen molar-refractivity contribution in [1.29, 1.82) is 0 Å². The number of piperazine rings is 1. The molecule has 120 valence electrons. The van der Waals surface area contributed by atoms with Crippen LogP contribution in [0.1, 0.15) is 10.4 Å². The van der Waals surface area contributed by atoms with E-state index in [-0.39, 0.29) is 5.91 Å². The Labute approximate surface area is 135 Å². The lowest BCUT2D eigenvalue weighted by molar-refractivity contribution is 0.0747. The first kappa shape index (κ1) is 15.1. The molecule has 1 aromatic heterocycles. The normalized spacial score (nSPS) is 14.7. The second-order valence-electron chi connectivity index (χ2n) is 5.44. The highest BCUT2D eigenvalue weighted by Crippen LogP contribution is 2.21. The first-order valence-corrected chi connectivity index (χ1v) is 7.57. The molecule has 0 spiro atoms. The smallest absolute Gasteiger partial charge is 0.256 e. The number of amides is 1. The van der Waals surface area contributed by atoms with Crippen LogP contribution >= 0.6 is 0 Å². The minimum atomic E-state index is -0.0284. The van der Waals surface area contributed by atoms with Crippen molar-refractivity contribution in [3.63, 3.8) is 0 Å². The van der Waals surface area contributed by atoms with Crippen molar-refractivity contribution in [3.8, 4) is 5.75 Å². The van der Waals surface area contributed by atoms with Crippen molar-refractivity contribution in [1.82, 2.24) is 9.88 Å². The average Bonchev–Trinajstić information content (AvgIpc) is 2.62. The molecule has 1 amide bonds. The predicted octanol–water partition coefficient (Wildman–Crippen LogP) is 1.63. The van der Waals surface area contributed by atoms with Gasteiger partial charge in [-0.25, -0.2) is 0 Å². The van der Waals surface area contributed by atoms with Crippen LogP contribution in [-0.2, 0) is 0 Å². The van der Waals surface area contributed by atoms with Gasteiger partial charge in [-0.15, -0.1) is 0 Å². The van der Waals surface area contributed by atoms with E-state index in [9.17, 15) is 4.79 Å². The monoisotopic (exact) mass is 312 g/mol. The molecule has 23 heavy (non-hydrogen) atoms. The van der Waals surface area contributed by atoms with Gasteiger partial charge in [0.25, 0.3) is 5.91 Å². The number of anilines is 2. The lowest BCUT2D eigenvalue weighted by atomic mass is 10.1. The van der Waals surface area contributed by atoms with Gasteiger partial charge in [0, 0.05) is 38.1 Å². The summed E-state index contributed by atoms with van der Waals surface area (Å²) in [6, 6.07) is 9.65. The van der Waals surface area contributed by atoms with Gasteiger partial charge in [-0.3, -0.25) is 9.78 Å². The van der Waals surface area contributed by atoms with E-state index in [0.29, 0.717) is 24.3 Å². The maximum absolute atomic E-state index is 12.5. The van der Waals surface area contributed by atoms with Crippen LogP contribution in [0.15, 0.2) is 42.7 Å². The maximum Gasteiger partial charge on any atom is 0.256 e. The van der Waals surface area contributed by atoms with E-state index >= 15 is 0 Å². The third-order valence-corrected chi connectivity index (χ3v) is 4.09. The number of aromatic nitrogens is 1. The Bertz CT molecular complexity index is 679. The third kappa shape index (κ3) is 3.21. The minimum absolute atomic E-state index is 0.0284. The summed E-state index contributed by atoms with van der Waals surface area (Å²) in [6.07, 6.45) is 3.11. The van der Waals surface area contributed by atoms with E-state index in [2.05, 4.69) is 9.88 Å². The van der Waals surface area contributed by atoms with Crippen molar-refractivity contribution in [2.45, 2.75) is 0 Å². The van der Waals surface area contributed by atoms with Gasteiger partial charge in [-0.2, -0.15) is 0 Å². The van der Waals surface area contributed by atoms with Crippen molar-refractivity contribution < 1.29 is 9.53 Å². The van der Waals surface area contributed by atoms with E-state index < -0.39 is 0 Å². The minimum Gasteiger partial charge on any atom is -0.497 e. The molecule has 6 nitrogen and oxygen atoms in total. The van der Waals surface area contributed by atoms with Gasteiger partial charge in [0.1, 0.15) is 5.75 Å². The molecule has 0 aliphatic carbocycles. The van der Waals surface area contributed by atoms with Crippen LogP contribution in [0, 0.1) is 0 Å². The molecule has 0 unspecified atom stereocenters. The molecule has 2 heterocycles. The second-order valence-corrected chi connectivity index (χ2v) is 5.44. The van der Waals surface area contributed by atoms with Crippen molar-refractivity contribution in [3.05, 3.63) is 48.3 Å². The van der Waals surface area contributed by atoms with Gasteiger partial charge in [0.05, 0.1) is 24.6 Å². The highest BCUT2D eigenvalue weighted by molar-refractivity contribution is 5.99. The highest BCUT2D eigenvalue weighted by Gasteiger charge is 2.23. The molecule has 0 atom stereocenters. The fourth-order valence-electron chi connectivity index (χ4n) is 2.73. The van der Waals surface area contributed by atoms with Crippen LogP contribution in [-0.4, -0.2) is 49.1 Å². The molecule has 1 saturated heterocycles. The molecule has 1 aromatic carbocycles. The van der Waals surface area contributed by atoms with E-state index in [1.54, 1.807) is 19.4 Å². The lowest BCUT2D eigenvalue weighted by Gasteiger charge is -2.36. The van der Waals surface area contributed by atoms with Crippen molar-refractivity contribution >= 4 is 17.3 Å². The Balaban J connectivity index is 1.64. The van der Waals surface area contributed by atoms with Crippen LogP contribution in [0.4, 0.5) is 11.4 Å². The number of methoxy groups -OCH3 is 1. The van der Waals surface area contributed by atoms with Gasteiger partial charge in [0.15, 0.2) is 0 Å². The predicted molar refractivity (Wildman–Crippen MR) is 89.8 cm³/mol. The summed E-state index contributed by atoms with van der Waals surface area (Å²) >= 11 is 0. The topological polar surface area (TPSA) is 71.7 Å². The SMILES string of the molecule is COc1ccc(N2CCN(C(=O)c3ccncc3N)CC2)cc1. The number of carbonyl (C=O) groups is 1. The first-order valence-electron chi connectivity index (χ1n) is 7.57. The summed E-state index contributed by atoms with van der Waals surface area (Å²) in [4.78, 5) is 20.6. The summed E-state index contributed by atoms with van der Waals surface area (Å²) in [5, 5.41) is 0. The molecule has 1 aliphatic heterocycles. The molecular weight excluding hydrogens is 292 g/mol. The molecule has 0 bridgehead atoms. The van der Waals surface area contributed by atoms with Crippen molar-refractivity contribution in [2.75, 3.05) is 43.9 Å². The Hall–Kier alpha value is -2.76. The molecular formula is C17H20N4O2. The molecule has 1 fully saturated rings. The summed E-state index contributed by atoms with van der Waals surface area (Å²) in [5.41, 5.74) is 7.93. The molecule has 6 heteroatoms. The number of nitrogens with zero attached hydrogens (tertiary/aromatic N) is 3. The Morgan fingerprint density at radius 1 is 1.13 bits per heavy atom. The molecule has 2 N–H and O–H groups in total. The molecule has 1 aliphatic rings. The van der Waals surface area contributed by atoms with Gasteiger partial charge in [-0.1, -0.05) is 0 Å². The highest BCUT2D eigenvalue weighted by atomic mass is 16.5. The maximum atomic E-state index is 12.5. The largest absolute Gasteiger partial charge is 0.497 e. The van der Waals surface area contributed by atoms with Gasteiger partial charge in [0.2, 0.25) is 0 Å². The van der Waals surface area contributed by atoms with Gasteiger partial charge in [-0.05, 0) is 30.3 Å². The first-order chi connectivity index (χ1) is 11.2. The number of pyridine rings is 1. The average molecular weight is 312 g/mol. The van der Waals surface area contributed by atoms with E-state index in [4.69, 9.17) is 10.5 Å². The fourth-order valence-corrected chi connectivity index (χ4v) is 2.73. The molecule has 0 radical (unpaired) electrons. The standard InChI is InChI=1S/C17H20N4O2/c1-23-14-4-2-13(3-5-14)20-8-10-21(11-9-20)17(22)15-6-7-19-12-16(15)18/h2-7,12H,8-11,18H2,1H3. The fraction of sp³-hybridized carbons (Fsp3) is 0.294. The lowest BCUT2D eigenvalue weighted by Crippen LogP contribution is -2.48.